The van der Waals surface area contributed by atoms with Gasteiger partial charge < -0.3 is 5.32 Å². The average Bonchev–Trinajstić information content (AvgIpc) is 2.21. The van der Waals surface area contributed by atoms with E-state index in [1.807, 2.05) is 0 Å². The molecule has 0 aromatic heterocycles. The lowest BCUT2D eigenvalue weighted by molar-refractivity contribution is 0.554. The summed E-state index contributed by atoms with van der Waals surface area (Å²) < 4.78 is 0. The first-order chi connectivity index (χ1) is 6.91. The zero-order valence-corrected chi connectivity index (χ0v) is 10.3. The molecule has 0 radical (unpaired) electrons. The van der Waals surface area contributed by atoms with Crippen molar-refractivity contribution in [2.75, 3.05) is 13.1 Å². The van der Waals surface area contributed by atoms with E-state index in [9.17, 15) is 0 Å². The third kappa shape index (κ3) is 12.0. The number of hydrogen-bond donors (Lipinski definition) is 1. The Hall–Kier alpha value is -0.0400. The Morgan fingerprint density at radius 2 is 1.14 bits per heavy atom. The Kier molecular flexibility index (Phi) is 12.9. The topological polar surface area (TPSA) is 12.0 Å². The van der Waals surface area contributed by atoms with Crippen molar-refractivity contribution in [2.24, 2.45) is 0 Å². The summed E-state index contributed by atoms with van der Waals surface area (Å²) in [6, 6.07) is 0. The van der Waals surface area contributed by atoms with Crippen LogP contribution in [0.15, 0.2) is 0 Å². The SMILES string of the molecule is CCCCCCCCCCNCCC. The monoisotopic (exact) mass is 199 g/mol. The summed E-state index contributed by atoms with van der Waals surface area (Å²) in [5.74, 6) is 0. The molecule has 0 unspecified atom stereocenters. The van der Waals surface area contributed by atoms with Gasteiger partial charge in [-0.05, 0) is 25.9 Å². The molecule has 1 N–H and O–H groups in total. The summed E-state index contributed by atoms with van der Waals surface area (Å²) in [7, 11) is 0. The highest BCUT2D eigenvalue weighted by atomic mass is 14.8. The van der Waals surface area contributed by atoms with E-state index in [2.05, 4.69) is 19.2 Å². The summed E-state index contributed by atoms with van der Waals surface area (Å²) in [5, 5.41) is 3.45. The first kappa shape index (κ1) is 14.0. The summed E-state index contributed by atoms with van der Waals surface area (Å²) >= 11 is 0. The molecule has 0 rings (SSSR count). The largest absolute Gasteiger partial charge is 0.317 e. The average molecular weight is 199 g/mol. The van der Waals surface area contributed by atoms with Crippen molar-refractivity contribution in [1.29, 1.82) is 0 Å². The van der Waals surface area contributed by atoms with Crippen LogP contribution in [0.25, 0.3) is 0 Å². The minimum atomic E-state index is 1.19. The fourth-order valence-electron chi connectivity index (χ4n) is 1.69. The molecule has 0 aliphatic heterocycles. The molecule has 1 nitrogen and oxygen atoms in total. The van der Waals surface area contributed by atoms with Crippen LogP contribution in [-0.4, -0.2) is 13.1 Å². The molecule has 0 aliphatic rings. The van der Waals surface area contributed by atoms with Crippen LogP contribution < -0.4 is 5.32 Å². The summed E-state index contributed by atoms with van der Waals surface area (Å²) in [5.41, 5.74) is 0. The molecule has 0 atom stereocenters. The van der Waals surface area contributed by atoms with Crippen molar-refractivity contribution >= 4 is 0 Å². The predicted octanol–water partition coefficient (Wildman–Crippen LogP) is 4.13. The molecule has 0 fully saturated rings. The Morgan fingerprint density at radius 1 is 0.571 bits per heavy atom. The second kappa shape index (κ2) is 13.0. The molecule has 0 spiro atoms. The summed E-state index contributed by atoms with van der Waals surface area (Å²) in [4.78, 5) is 0. The molecule has 14 heavy (non-hydrogen) atoms. The number of nitrogens with one attached hydrogen (secondary N) is 1. The minimum Gasteiger partial charge on any atom is -0.317 e. The van der Waals surface area contributed by atoms with Crippen molar-refractivity contribution in [3.05, 3.63) is 0 Å². The van der Waals surface area contributed by atoms with Crippen LogP contribution in [0.2, 0.25) is 0 Å². The second-order valence-electron chi connectivity index (χ2n) is 4.22. The highest BCUT2D eigenvalue weighted by Gasteiger charge is 1.90. The maximum absolute atomic E-state index is 3.45. The van der Waals surface area contributed by atoms with Gasteiger partial charge in [0, 0.05) is 0 Å². The molecule has 0 bridgehead atoms. The van der Waals surface area contributed by atoms with Gasteiger partial charge in [0.25, 0.3) is 0 Å². The van der Waals surface area contributed by atoms with Gasteiger partial charge in [-0.3, -0.25) is 0 Å². The maximum Gasteiger partial charge on any atom is -0.00489 e. The molecule has 0 saturated heterocycles. The summed E-state index contributed by atoms with van der Waals surface area (Å²) in [6.07, 6.45) is 12.6. The molecule has 0 aromatic rings. The molecular formula is C13H29N. The van der Waals surface area contributed by atoms with Gasteiger partial charge in [-0.15, -0.1) is 0 Å². The Balaban J connectivity index is 2.78. The molecule has 0 heterocycles. The lowest BCUT2D eigenvalue weighted by atomic mass is 10.1. The molecule has 0 aliphatic carbocycles. The first-order valence-electron chi connectivity index (χ1n) is 6.62. The van der Waals surface area contributed by atoms with E-state index in [1.165, 1.54) is 70.9 Å². The van der Waals surface area contributed by atoms with Crippen LogP contribution in [0.3, 0.4) is 0 Å². The minimum absolute atomic E-state index is 1.19. The van der Waals surface area contributed by atoms with Gasteiger partial charge in [0.2, 0.25) is 0 Å². The lowest BCUT2D eigenvalue weighted by Gasteiger charge is -2.03. The van der Waals surface area contributed by atoms with Crippen LogP contribution in [0, 0.1) is 0 Å². The van der Waals surface area contributed by atoms with E-state index >= 15 is 0 Å². The normalized spacial score (nSPS) is 10.7. The van der Waals surface area contributed by atoms with Gasteiger partial charge in [0.05, 0.1) is 0 Å². The first-order valence-corrected chi connectivity index (χ1v) is 6.62. The fraction of sp³-hybridized carbons (Fsp3) is 1.00. The molecule has 0 saturated carbocycles. The lowest BCUT2D eigenvalue weighted by Crippen LogP contribution is -2.15. The van der Waals surface area contributed by atoms with Crippen molar-refractivity contribution in [2.45, 2.75) is 71.6 Å². The zero-order chi connectivity index (χ0) is 10.5. The smallest absolute Gasteiger partial charge is 0.00489 e. The van der Waals surface area contributed by atoms with Crippen LogP contribution in [0.5, 0.6) is 0 Å². The highest BCUT2D eigenvalue weighted by Crippen LogP contribution is 2.07. The van der Waals surface area contributed by atoms with Gasteiger partial charge in [-0.2, -0.15) is 0 Å². The molecule has 1 heteroatoms. The predicted molar refractivity (Wildman–Crippen MR) is 65.8 cm³/mol. The van der Waals surface area contributed by atoms with E-state index in [0.717, 1.165) is 0 Å². The van der Waals surface area contributed by atoms with Crippen molar-refractivity contribution in [1.82, 2.24) is 5.32 Å². The molecule has 0 amide bonds. The van der Waals surface area contributed by atoms with E-state index in [-0.39, 0.29) is 0 Å². The standard InChI is InChI=1S/C13H29N/c1-3-5-6-7-8-9-10-11-13-14-12-4-2/h14H,3-13H2,1-2H3. The molecule has 0 aromatic carbocycles. The van der Waals surface area contributed by atoms with E-state index in [1.54, 1.807) is 0 Å². The fourth-order valence-corrected chi connectivity index (χ4v) is 1.69. The van der Waals surface area contributed by atoms with Crippen LogP contribution in [-0.2, 0) is 0 Å². The number of unbranched alkanes of at least 4 members (excludes halogenated alkanes) is 7. The third-order valence-corrected chi connectivity index (χ3v) is 2.63. The van der Waals surface area contributed by atoms with Gasteiger partial charge in [0.1, 0.15) is 0 Å². The van der Waals surface area contributed by atoms with Gasteiger partial charge in [-0.1, -0.05) is 58.8 Å². The maximum atomic E-state index is 3.45. The number of hydrogen-bond acceptors (Lipinski definition) is 1. The van der Waals surface area contributed by atoms with Crippen molar-refractivity contribution < 1.29 is 0 Å². The van der Waals surface area contributed by atoms with Gasteiger partial charge >= 0.3 is 0 Å². The molecule has 86 valence electrons. The van der Waals surface area contributed by atoms with Gasteiger partial charge in [0.15, 0.2) is 0 Å². The van der Waals surface area contributed by atoms with E-state index in [0.29, 0.717) is 0 Å². The third-order valence-electron chi connectivity index (χ3n) is 2.63. The molecular weight excluding hydrogens is 170 g/mol. The van der Waals surface area contributed by atoms with E-state index < -0.39 is 0 Å². The highest BCUT2D eigenvalue weighted by molar-refractivity contribution is 4.49. The Labute approximate surface area is 90.7 Å². The summed E-state index contributed by atoms with van der Waals surface area (Å²) in [6.45, 7) is 6.92. The quantitative estimate of drug-likeness (QED) is 0.493. The van der Waals surface area contributed by atoms with Crippen molar-refractivity contribution in [3.8, 4) is 0 Å². The van der Waals surface area contributed by atoms with Gasteiger partial charge in [-0.25, -0.2) is 0 Å². The van der Waals surface area contributed by atoms with Crippen LogP contribution in [0.1, 0.15) is 71.6 Å². The zero-order valence-electron chi connectivity index (χ0n) is 10.3. The van der Waals surface area contributed by atoms with Crippen molar-refractivity contribution in [3.63, 3.8) is 0 Å². The Bertz CT molecular complexity index is 79.2. The van der Waals surface area contributed by atoms with Crippen LogP contribution in [0.4, 0.5) is 0 Å². The second-order valence-corrected chi connectivity index (χ2v) is 4.22. The van der Waals surface area contributed by atoms with E-state index in [4.69, 9.17) is 0 Å². The number of rotatable bonds is 11. The Morgan fingerprint density at radius 3 is 1.71 bits per heavy atom. The van der Waals surface area contributed by atoms with Crippen LogP contribution >= 0.6 is 0 Å².